The third-order valence-corrected chi connectivity index (χ3v) is 8.80. The number of urea groups is 1. The summed E-state index contributed by atoms with van der Waals surface area (Å²) in [6.45, 7) is 4.82. The smallest absolute Gasteiger partial charge is 0.324 e. The molecule has 0 spiro atoms. The average molecular weight is 682 g/mol. The monoisotopic (exact) mass is 680 g/mol. The number of ether oxygens (including phenoxy) is 2. The van der Waals surface area contributed by atoms with Gasteiger partial charge < -0.3 is 20.1 Å². The van der Waals surface area contributed by atoms with Crippen LogP contribution in [0.25, 0.3) is 0 Å². The molecule has 2 aromatic rings. The number of hydrogen-bond acceptors (Lipinski definition) is 8. The molecule has 1 saturated heterocycles. The number of anilines is 1. The van der Waals surface area contributed by atoms with Crippen molar-refractivity contribution in [3.8, 4) is 5.75 Å². The van der Waals surface area contributed by atoms with Gasteiger partial charge in [-0.1, -0.05) is 94.6 Å². The van der Waals surface area contributed by atoms with E-state index in [9.17, 15) is 9.59 Å². The van der Waals surface area contributed by atoms with E-state index >= 15 is 0 Å². The van der Waals surface area contributed by atoms with Crippen LogP contribution in [-0.4, -0.2) is 83.2 Å². The minimum atomic E-state index is -2.11. The summed E-state index contributed by atoms with van der Waals surface area (Å²) in [4.78, 5) is 30.5. The fraction of sp³-hybridized carbons (Fsp3) is 0.433. The van der Waals surface area contributed by atoms with Crippen molar-refractivity contribution in [2.45, 2.75) is 34.1 Å². The van der Waals surface area contributed by atoms with Crippen molar-refractivity contribution >= 4 is 69.7 Å². The molecule has 5 rings (SSSR count). The molecule has 2 aliphatic heterocycles. The zero-order chi connectivity index (χ0) is 31.0. The number of carbonyl (C=O) groups is 2. The lowest BCUT2D eigenvalue weighted by Crippen LogP contribution is -2.51. The van der Waals surface area contributed by atoms with Gasteiger partial charge in [0.25, 0.3) is 9.70 Å². The van der Waals surface area contributed by atoms with E-state index in [-0.39, 0.29) is 12.6 Å². The van der Waals surface area contributed by atoms with E-state index in [1.54, 1.807) is 10.4 Å². The number of morpholine rings is 1. The first-order valence-electron chi connectivity index (χ1n) is 14.4. The quantitative estimate of drug-likeness (QED) is 0.234. The molecule has 0 saturated carbocycles. The van der Waals surface area contributed by atoms with Crippen LogP contribution in [0.1, 0.15) is 18.4 Å². The molecule has 236 valence electrons. The molecule has 0 radical (unpaired) electrons. The standard InChI is InChI=1S/C30H35Cl3N6O4S/c31-30(32,33)26(40)36-29(18-22-5-2-1-3-6-22)10-9-23(19-29)20-39(28(41)35-27-37-34-21-44-27)24-7-4-8-25(17-24)43-16-13-38-11-14-42-15-12-38/h1-8,17,19,21,27,37H,9-16,18,20H2,(H,35,41)(H,36,40). The van der Waals surface area contributed by atoms with Crippen LogP contribution in [0.3, 0.4) is 0 Å². The Kier molecular flexibility index (Phi) is 11.2. The molecule has 2 aromatic carbocycles. The number of rotatable bonds is 11. The van der Waals surface area contributed by atoms with Crippen molar-refractivity contribution in [1.29, 1.82) is 0 Å². The lowest BCUT2D eigenvalue weighted by Gasteiger charge is -2.30. The normalized spacial score (nSPS) is 21.8. The molecule has 3 N–H and O–H groups in total. The molecule has 1 fully saturated rings. The highest BCUT2D eigenvalue weighted by Gasteiger charge is 2.41. The van der Waals surface area contributed by atoms with Gasteiger partial charge in [0.1, 0.15) is 12.4 Å². The van der Waals surface area contributed by atoms with E-state index in [2.05, 4.69) is 26.1 Å². The van der Waals surface area contributed by atoms with Gasteiger partial charge in [-0.15, -0.1) is 0 Å². The lowest BCUT2D eigenvalue weighted by atomic mass is 9.90. The Balaban J connectivity index is 1.35. The summed E-state index contributed by atoms with van der Waals surface area (Å²) < 4.78 is 9.40. The van der Waals surface area contributed by atoms with Crippen LogP contribution in [0.5, 0.6) is 5.75 Å². The number of nitrogens with zero attached hydrogens (tertiary/aromatic N) is 3. The lowest BCUT2D eigenvalue weighted by molar-refractivity contribution is -0.121. The number of hydrogen-bond donors (Lipinski definition) is 3. The van der Waals surface area contributed by atoms with E-state index in [0.717, 1.165) is 44.0 Å². The predicted octanol–water partition coefficient (Wildman–Crippen LogP) is 4.67. The maximum absolute atomic E-state index is 13.7. The van der Waals surface area contributed by atoms with Gasteiger partial charge >= 0.3 is 6.03 Å². The van der Waals surface area contributed by atoms with Crippen molar-refractivity contribution in [3.63, 3.8) is 0 Å². The third-order valence-electron chi connectivity index (χ3n) is 7.57. The number of nitrogens with one attached hydrogen (secondary N) is 3. The highest BCUT2D eigenvalue weighted by atomic mass is 35.6. The number of benzene rings is 2. The molecule has 14 heteroatoms. The van der Waals surface area contributed by atoms with Crippen molar-refractivity contribution in [2.75, 3.05) is 50.9 Å². The molecule has 1 aliphatic carbocycles. The van der Waals surface area contributed by atoms with Gasteiger partial charge in [0.15, 0.2) is 5.50 Å². The van der Waals surface area contributed by atoms with E-state index in [4.69, 9.17) is 44.3 Å². The van der Waals surface area contributed by atoms with E-state index < -0.39 is 20.7 Å². The van der Waals surface area contributed by atoms with E-state index in [1.807, 2.05) is 60.7 Å². The second-order valence-electron chi connectivity index (χ2n) is 10.8. The highest BCUT2D eigenvalue weighted by Crippen LogP contribution is 2.36. The number of alkyl halides is 3. The fourth-order valence-corrected chi connectivity index (χ4v) is 6.08. The molecular weight excluding hydrogens is 647 g/mol. The Hall–Kier alpha value is -2.67. The zero-order valence-electron chi connectivity index (χ0n) is 24.0. The van der Waals surface area contributed by atoms with Gasteiger partial charge in [-0.2, -0.15) is 5.10 Å². The Morgan fingerprint density at radius 2 is 1.95 bits per heavy atom. The van der Waals surface area contributed by atoms with Crippen LogP contribution in [0.2, 0.25) is 0 Å². The van der Waals surface area contributed by atoms with Crippen molar-refractivity contribution in [3.05, 3.63) is 71.8 Å². The molecule has 2 heterocycles. The molecule has 10 nitrogen and oxygen atoms in total. The van der Waals surface area contributed by atoms with Crippen LogP contribution >= 0.6 is 46.6 Å². The second-order valence-corrected chi connectivity index (χ2v) is 14.0. The predicted molar refractivity (Wildman–Crippen MR) is 177 cm³/mol. The van der Waals surface area contributed by atoms with Gasteiger partial charge in [-0.25, -0.2) is 4.79 Å². The molecule has 3 amide bonds. The first-order chi connectivity index (χ1) is 21.2. The number of thioether (sulfide) groups is 1. The van der Waals surface area contributed by atoms with Gasteiger partial charge in [0, 0.05) is 37.9 Å². The summed E-state index contributed by atoms with van der Waals surface area (Å²) in [5.74, 6) is -0.0317. The van der Waals surface area contributed by atoms with Crippen molar-refractivity contribution in [2.24, 2.45) is 5.10 Å². The number of hydrazone groups is 1. The highest BCUT2D eigenvalue weighted by molar-refractivity contribution is 8.12. The number of carbonyl (C=O) groups excluding carboxylic acids is 2. The molecule has 2 unspecified atom stereocenters. The topological polar surface area (TPSA) is 108 Å². The zero-order valence-corrected chi connectivity index (χ0v) is 27.1. The second kappa shape index (κ2) is 15.1. The first-order valence-corrected chi connectivity index (χ1v) is 16.4. The van der Waals surface area contributed by atoms with Gasteiger partial charge in [-0.3, -0.25) is 20.0 Å². The average Bonchev–Trinajstić information content (AvgIpc) is 3.66. The SMILES string of the molecule is O=C(NC1NN=CS1)N(CC1=CC(Cc2ccccc2)(NC(=O)C(Cl)(Cl)Cl)CC1)c1cccc(OCCN2CCOCC2)c1. The summed E-state index contributed by atoms with van der Waals surface area (Å²) in [6, 6.07) is 17.0. The van der Waals surface area contributed by atoms with Crippen LogP contribution < -0.4 is 25.7 Å². The van der Waals surface area contributed by atoms with E-state index in [0.29, 0.717) is 37.3 Å². The van der Waals surface area contributed by atoms with Gasteiger partial charge in [-0.05, 0) is 37.0 Å². The van der Waals surface area contributed by atoms with Crippen LogP contribution in [0, 0.1) is 0 Å². The minimum absolute atomic E-state index is 0.279. The maximum Gasteiger partial charge on any atom is 0.324 e. The van der Waals surface area contributed by atoms with Crippen LogP contribution in [-0.2, 0) is 16.0 Å². The molecule has 3 aliphatic rings. The Morgan fingerprint density at radius 1 is 1.16 bits per heavy atom. The molecule has 44 heavy (non-hydrogen) atoms. The Bertz CT molecular complexity index is 1350. The maximum atomic E-state index is 13.7. The summed E-state index contributed by atoms with van der Waals surface area (Å²) in [7, 11) is 0. The van der Waals surface area contributed by atoms with Crippen LogP contribution in [0.4, 0.5) is 10.5 Å². The minimum Gasteiger partial charge on any atom is -0.492 e. The summed E-state index contributed by atoms with van der Waals surface area (Å²) >= 11 is 19.2. The Morgan fingerprint density at radius 3 is 2.68 bits per heavy atom. The summed E-state index contributed by atoms with van der Waals surface area (Å²) in [5.41, 5.74) is 5.98. The van der Waals surface area contributed by atoms with Gasteiger partial charge in [0.2, 0.25) is 0 Å². The van der Waals surface area contributed by atoms with Crippen molar-refractivity contribution in [1.82, 2.24) is 21.0 Å². The summed E-state index contributed by atoms with van der Waals surface area (Å²) in [5, 5.41) is 9.94. The number of halogens is 3. The van der Waals surface area contributed by atoms with Gasteiger partial charge in [0.05, 0.1) is 24.3 Å². The van der Waals surface area contributed by atoms with Crippen molar-refractivity contribution < 1.29 is 19.1 Å². The molecule has 2 atom stereocenters. The van der Waals surface area contributed by atoms with Crippen LogP contribution in [0.15, 0.2) is 71.3 Å². The fourth-order valence-electron chi connectivity index (χ4n) is 5.40. The molecule has 0 bridgehead atoms. The Labute approximate surface area is 276 Å². The summed E-state index contributed by atoms with van der Waals surface area (Å²) in [6.07, 6.45) is 3.72. The largest absolute Gasteiger partial charge is 0.492 e. The number of amides is 3. The molecular formula is C30H35Cl3N6O4S. The third kappa shape index (κ3) is 9.18. The first kappa shape index (κ1) is 32.7. The van der Waals surface area contributed by atoms with E-state index in [1.165, 1.54) is 11.8 Å². The molecule has 0 aromatic heterocycles.